The minimum absolute atomic E-state index is 0.0198. The number of amides is 1. The summed E-state index contributed by atoms with van der Waals surface area (Å²) in [6.45, 7) is 7.41. The lowest BCUT2D eigenvalue weighted by atomic mass is 9.58. The average Bonchev–Trinajstić information content (AvgIpc) is 3.41. The highest BCUT2D eigenvalue weighted by molar-refractivity contribution is 5.97. The van der Waals surface area contributed by atoms with Gasteiger partial charge in [0.2, 0.25) is 0 Å². The van der Waals surface area contributed by atoms with E-state index in [0.717, 1.165) is 53.2 Å². The molecule has 33 heavy (non-hydrogen) atoms. The van der Waals surface area contributed by atoms with E-state index in [2.05, 4.69) is 57.1 Å². The molecule has 1 fully saturated rings. The lowest BCUT2D eigenvalue weighted by molar-refractivity contribution is 0.0251. The highest BCUT2D eigenvalue weighted by Gasteiger charge is 2.49. The van der Waals surface area contributed by atoms with E-state index in [0.29, 0.717) is 5.92 Å². The Hall–Kier alpha value is -3.48. The molecule has 0 radical (unpaired) electrons. The smallest absolute Gasteiger partial charge is 0.254 e. The molecular weight excluding hydrogens is 412 g/mol. The number of benzene rings is 2. The van der Waals surface area contributed by atoms with Crippen LogP contribution in [0.4, 0.5) is 0 Å². The third-order valence-corrected chi connectivity index (χ3v) is 8.29. The van der Waals surface area contributed by atoms with Gasteiger partial charge in [0, 0.05) is 30.8 Å². The van der Waals surface area contributed by atoms with Crippen molar-refractivity contribution >= 4 is 16.9 Å². The van der Waals surface area contributed by atoms with Gasteiger partial charge in [-0.15, -0.1) is 10.2 Å². The van der Waals surface area contributed by atoms with Crippen molar-refractivity contribution in [1.82, 2.24) is 29.6 Å². The molecule has 1 amide bonds. The van der Waals surface area contributed by atoms with Crippen LogP contribution in [0.1, 0.15) is 47.6 Å². The van der Waals surface area contributed by atoms with Gasteiger partial charge in [-0.3, -0.25) is 4.79 Å². The number of aromatic nitrogens is 5. The molecule has 2 bridgehead atoms. The molecule has 0 unspecified atom stereocenters. The Morgan fingerprint density at radius 3 is 2.82 bits per heavy atom. The number of nitrogens with zero attached hydrogens (tertiary/aromatic N) is 5. The highest BCUT2D eigenvalue weighted by Crippen LogP contribution is 2.49. The van der Waals surface area contributed by atoms with Gasteiger partial charge in [0.15, 0.2) is 5.82 Å². The Balaban J connectivity index is 1.36. The topological polar surface area (TPSA) is 79.7 Å². The second kappa shape index (κ2) is 7.01. The van der Waals surface area contributed by atoms with Crippen LogP contribution in [-0.2, 0) is 18.9 Å². The summed E-state index contributed by atoms with van der Waals surface area (Å²) in [6.07, 6.45) is 3.49. The molecule has 1 aliphatic carbocycles. The normalized spacial score (nSPS) is 24.2. The summed E-state index contributed by atoms with van der Waals surface area (Å²) in [5.74, 6) is 2.27. The summed E-state index contributed by atoms with van der Waals surface area (Å²) >= 11 is 0. The van der Waals surface area contributed by atoms with Crippen LogP contribution >= 0.6 is 0 Å². The molecule has 1 aliphatic heterocycles. The van der Waals surface area contributed by atoms with E-state index in [1.807, 2.05) is 36.7 Å². The predicted octanol–water partition coefficient (Wildman–Crippen LogP) is 4.03. The number of hydrogen-bond acceptors (Lipinski definition) is 4. The van der Waals surface area contributed by atoms with E-state index in [9.17, 15) is 4.79 Å². The molecule has 4 aromatic rings. The summed E-state index contributed by atoms with van der Waals surface area (Å²) in [5, 5.41) is 8.63. The lowest BCUT2D eigenvalue weighted by Gasteiger charge is -2.54. The fraction of sp³-hybridized carbons (Fsp3) is 0.385. The maximum Gasteiger partial charge on any atom is 0.254 e. The number of imidazole rings is 1. The molecule has 3 atom stereocenters. The molecule has 3 heterocycles. The molecule has 7 nitrogen and oxygen atoms in total. The van der Waals surface area contributed by atoms with E-state index in [-0.39, 0.29) is 17.4 Å². The van der Waals surface area contributed by atoms with E-state index >= 15 is 0 Å². The Kier molecular flexibility index (Phi) is 4.28. The van der Waals surface area contributed by atoms with Crippen molar-refractivity contribution in [3.05, 3.63) is 65.2 Å². The van der Waals surface area contributed by atoms with Gasteiger partial charge in [-0.2, -0.15) is 0 Å². The number of nitrogens with one attached hydrogen (secondary N) is 1. The van der Waals surface area contributed by atoms with Gasteiger partial charge in [-0.25, -0.2) is 4.98 Å². The van der Waals surface area contributed by atoms with E-state index < -0.39 is 0 Å². The first-order valence-corrected chi connectivity index (χ1v) is 11.6. The average molecular weight is 441 g/mol. The van der Waals surface area contributed by atoms with E-state index in [4.69, 9.17) is 0 Å². The number of piperidine rings is 1. The summed E-state index contributed by atoms with van der Waals surface area (Å²) in [7, 11) is 2.01. The van der Waals surface area contributed by atoms with Crippen molar-refractivity contribution in [2.24, 2.45) is 13.0 Å². The quantitative estimate of drug-likeness (QED) is 0.510. The van der Waals surface area contributed by atoms with Gasteiger partial charge in [0.05, 0.1) is 17.4 Å². The zero-order valence-corrected chi connectivity index (χ0v) is 19.5. The van der Waals surface area contributed by atoms with Gasteiger partial charge in [0.1, 0.15) is 5.82 Å². The first kappa shape index (κ1) is 20.1. The van der Waals surface area contributed by atoms with Crippen LogP contribution in [0.3, 0.4) is 0 Å². The highest BCUT2D eigenvalue weighted by atomic mass is 16.2. The molecule has 0 spiro atoms. The first-order valence-electron chi connectivity index (χ1n) is 11.6. The number of likely N-dealkylation sites (tertiary alicyclic amines) is 1. The molecule has 0 saturated carbocycles. The number of hydrogen-bond donors (Lipinski definition) is 1. The number of aryl methyl sites for hydroxylation is 1. The van der Waals surface area contributed by atoms with Crippen LogP contribution in [0.2, 0.25) is 0 Å². The molecule has 2 aromatic heterocycles. The van der Waals surface area contributed by atoms with Crippen molar-refractivity contribution in [3.63, 3.8) is 0 Å². The summed E-state index contributed by atoms with van der Waals surface area (Å²) < 4.78 is 2.04. The number of carbonyl (C=O) groups is 1. The fourth-order valence-electron chi connectivity index (χ4n) is 5.90. The number of rotatable bonds is 2. The SMILES string of the molecule is Cc1nnc(-c2ccc3c(c2)[C@]2(C)CCN(C(=O)c4ccc5nc[nH]c5c4)[C@H](C3)[C@H]2C)n1C. The molecule has 2 aliphatic rings. The number of H-pyrrole nitrogens is 1. The van der Waals surface area contributed by atoms with Crippen LogP contribution in [0.25, 0.3) is 22.4 Å². The Morgan fingerprint density at radius 2 is 2.03 bits per heavy atom. The van der Waals surface area contributed by atoms with Crippen LogP contribution in [0.5, 0.6) is 0 Å². The van der Waals surface area contributed by atoms with Crippen LogP contribution in [0, 0.1) is 12.8 Å². The van der Waals surface area contributed by atoms with Gasteiger partial charge >= 0.3 is 0 Å². The zero-order valence-electron chi connectivity index (χ0n) is 19.5. The molecule has 2 aromatic carbocycles. The largest absolute Gasteiger partial charge is 0.345 e. The zero-order chi connectivity index (χ0) is 22.9. The monoisotopic (exact) mass is 440 g/mol. The Labute approximate surface area is 192 Å². The van der Waals surface area contributed by atoms with Crippen LogP contribution in [-0.4, -0.2) is 48.1 Å². The maximum absolute atomic E-state index is 13.6. The van der Waals surface area contributed by atoms with Crippen molar-refractivity contribution in [2.75, 3.05) is 6.54 Å². The second-order valence-corrected chi connectivity index (χ2v) is 9.86. The number of fused-ring (bicyclic) bond motifs is 5. The standard InChI is InChI=1S/C26H28N6O/c1-15-23-13-17-5-6-18(24-30-29-16(2)31(24)4)11-20(17)26(15,3)9-10-32(23)25(33)19-7-8-21-22(12-19)28-14-27-21/h5-8,11-12,14-15,23H,9-10,13H2,1-4H3,(H,27,28)/t15-,23-,26-/m1/s1. The van der Waals surface area contributed by atoms with Crippen LogP contribution in [0.15, 0.2) is 42.7 Å². The number of aromatic amines is 1. The van der Waals surface area contributed by atoms with Crippen molar-refractivity contribution < 1.29 is 4.79 Å². The summed E-state index contributed by atoms with van der Waals surface area (Å²) in [6, 6.07) is 12.6. The van der Waals surface area contributed by atoms with Crippen LogP contribution < -0.4 is 0 Å². The molecule has 6 rings (SSSR count). The maximum atomic E-state index is 13.6. The van der Waals surface area contributed by atoms with E-state index in [1.165, 1.54) is 11.1 Å². The van der Waals surface area contributed by atoms with Gasteiger partial charge in [-0.1, -0.05) is 26.0 Å². The molecular formula is C26H28N6O. The van der Waals surface area contributed by atoms with Crippen molar-refractivity contribution in [3.8, 4) is 11.4 Å². The summed E-state index contributed by atoms with van der Waals surface area (Å²) in [4.78, 5) is 23.1. The van der Waals surface area contributed by atoms with Gasteiger partial charge in [-0.05, 0) is 66.5 Å². The minimum atomic E-state index is 0.0198. The molecule has 1 N–H and O–H groups in total. The first-order chi connectivity index (χ1) is 15.9. The summed E-state index contributed by atoms with van der Waals surface area (Å²) in [5.41, 5.74) is 6.37. The Morgan fingerprint density at radius 1 is 1.18 bits per heavy atom. The molecule has 7 heteroatoms. The van der Waals surface area contributed by atoms with E-state index in [1.54, 1.807) is 6.33 Å². The molecule has 168 valence electrons. The molecule has 1 saturated heterocycles. The second-order valence-electron chi connectivity index (χ2n) is 9.86. The minimum Gasteiger partial charge on any atom is -0.345 e. The fourth-order valence-corrected chi connectivity index (χ4v) is 5.90. The number of carbonyl (C=O) groups excluding carboxylic acids is 1. The predicted molar refractivity (Wildman–Crippen MR) is 127 cm³/mol. The van der Waals surface area contributed by atoms with Gasteiger partial charge in [0.25, 0.3) is 5.91 Å². The lowest BCUT2D eigenvalue weighted by Crippen LogP contribution is -2.59. The van der Waals surface area contributed by atoms with Crippen molar-refractivity contribution in [1.29, 1.82) is 0 Å². The third kappa shape index (κ3) is 2.88. The Bertz CT molecular complexity index is 1400. The van der Waals surface area contributed by atoms with Crippen molar-refractivity contribution in [2.45, 2.75) is 45.1 Å². The van der Waals surface area contributed by atoms with Gasteiger partial charge < -0.3 is 14.5 Å². The third-order valence-electron chi connectivity index (χ3n) is 8.29.